The molecule has 2 aromatic carbocycles. The maximum absolute atomic E-state index is 13.4. The summed E-state index contributed by atoms with van der Waals surface area (Å²) in [6.07, 6.45) is 0. The normalized spacial score (nSPS) is 10.5. The van der Waals surface area contributed by atoms with Crippen LogP contribution in [0.4, 0.5) is 8.78 Å². The Bertz CT molecular complexity index is 582. The summed E-state index contributed by atoms with van der Waals surface area (Å²) >= 11 is 0. The average molecular weight is 264 g/mol. The standard InChI is InChI=1S/C15H14F2O2/c1-10-2-5-15(11(6-10)8-18)19-9-12-7-13(16)3-4-14(12)17/h2-7,18H,8-9H2,1H3. The van der Waals surface area contributed by atoms with Gasteiger partial charge in [0.2, 0.25) is 0 Å². The number of rotatable bonds is 4. The molecule has 0 aliphatic heterocycles. The molecule has 0 heterocycles. The van der Waals surface area contributed by atoms with Crippen LogP contribution in [0.15, 0.2) is 36.4 Å². The van der Waals surface area contributed by atoms with E-state index in [0.29, 0.717) is 11.3 Å². The molecule has 0 aliphatic rings. The molecule has 0 atom stereocenters. The maximum atomic E-state index is 13.4. The molecule has 4 heteroatoms. The fourth-order valence-electron chi connectivity index (χ4n) is 1.78. The Balaban J connectivity index is 2.16. The quantitative estimate of drug-likeness (QED) is 0.917. The minimum atomic E-state index is -0.515. The van der Waals surface area contributed by atoms with Crippen molar-refractivity contribution in [2.45, 2.75) is 20.1 Å². The van der Waals surface area contributed by atoms with Gasteiger partial charge in [0, 0.05) is 11.1 Å². The number of hydrogen-bond donors (Lipinski definition) is 1. The second-order valence-electron chi connectivity index (χ2n) is 4.29. The van der Waals surface area contributed by atoms with Gasteiger partial charge in [-0.3, -0.25) is 0 Å². The second-order valence-corrected chi connectivity index (χ2v) is 4.29. The lowest BCUT2D eigenvalue weighted by molar-refractivity contribution is 0.257. The summed E-state index contributed by atoms with van der Waals surface area (Å²) in [6, 6.07) is 8.55. The molecule has 0 unspecified atom stereocenters. The zero-order valence-electron chi connectivity index (χ0n) is 10.5. The van der Waals surface area contributed by atoms with Crippen LogP contribution in [0.1, 0.15) is 16.7 Å². The maximum Gasteiger partial charge on any atom is 0.130 e. The molecule has 2 nitrogen and oxygen atoms in total. The van der Waals surface area contributed by atoms with Crippen molar-refractivity contribution < 1.29 is 18.6 Å². The average Bonchev–Trinajstić information content (AvgIpc) is 2.40. The zero-order valence-corrected chi connectivity index (χ0v) is 10.5. The predicted molar refractivity (Wildman–Crippen MR) is 67.8 cm³/mol. The van der Waals surface area contributed by atoms with Gasteiger partial charge in [-0.05, 0) is 31.2 Å². The van der Waals surface area contributed by atoms with E-state index in [1.807, 2.05) is 13.0 Å². The van der Waals surface area contributed by atoms with E-state index in [9.17, 15) is 13.9 Å². The van der Waals surface area contributed by atoms with Crippen LogP contribution in [0.25, 0.3) is 0 Å². The molecule has 100 valence electrons. The topological polar surface area (TPSA) is 29.5 Å². The summed E-state index contributed by atoms with van der Waals surface area (Å²) in [5.74, 6) is -0.554. The molecular formula is C15H14F2O2. The molecule has 0 saturated carbocycles. The van der Waals surface area contributed by atoms with E-state index in [1.54, 1.807) is 12.1 Å². The lowest BCUT2D eigenvalue weighted by Crippen LogP contribution is -2.01. The summed E-state index contributed by atoms with van der Waals surface area (Å²) in [5.41, 5.74) is 1.76. The number of aliphatic hydroxyl groups excluding tert-OH is 1. The van der Waals surface area contributed by atoms with Crippen molar-refractivity contribution in [2.75, 3.05) is 0 Å². The first kappa shape index (κ1) is 13.5. The SMILES string of the molecule is Cc1ccc(OCc2cc(F)ccc2F)c(CO)c1. The van der Waals surface area contributed by atoms with Gasteiger partial charge in [0.15, 0.2) is 0 Å². The van der Waals surface area contributed by atoms with Gasteiger partial charge >= 0.3 is 0 Å². The summed E-state index contributed by atoms with van der Waals surface area (Å²) in [4.78, 5) is 0. The third-order valence-corrected chi connectivity index (χ3v) is 2.78. The summed E-state index contributed by atoms with van der Waals surface area (Å²) in [7, 11) is 0. The van der Waals surface area contributed by atoms with Gasteiger partial charge in [-0.15, -0.1) is 0 Å². The van der Waals surface area contributed by atoms with Crippen molar-refractivity contribution in [1.82, 2.24) is 0 Å². The highest BCUT2D eigenvalue weighted by Gasteiger charge is 2.07. The Hall–Kier alpha value is -1.94. The van der Waals surface area contributed by atoms with Crippen LogP contribution in [0, 0.1) is 18.6 Å². The molecule has 0 aliphatic carbocycles. The van der Waals surface area contributed by atoms with E-state index >= 15 is 0 Å². The molecular weight excluding hydrogens is 250 g/mol. The predicted octanol–water partition coefficient (Wildman–Crippen LogP) is 3.34. The minimum Gasteiger partial charge on any atom is -0.488 e. The Morgan fingerprint density at radius 3 is 2.58 bits per heavy atom. The van der Waals surface area contributed by atoms with Crippen molar-refractivity contribution in [1.29, 1.82) is 0 Å². The lowest BCUT2D eigenvalue weighted by atomic mass is 10.1. The molecule has 19 heavy (non-hydrogen) atoms. The van der Waals surface area contributed by atoms with Crippen LogP contribution in [-0.2, 0) is 13.2 Å². The van der Waals surface area contributed by atoms with E-state index in [1.165, 1.54) is 0 Å². The van der Waals surface area contributed by atoms with Crippen molar-refractivity contribution in [3.05, 3.63) is 64.7 Å². The molecule has 2 rings (SSSR count). The van der Waals surface area contributed by atoms with Gasteiger partial charge < -0.3 is 9.84 Å². The van der Waals surface area contributed by atoms with Crippen LogP contribution in [0.2, 0.25) is 0 Å². The van der Waals surface area contributed by atoms with Gasteiger partial charge in [-0.25, -0.2) is 8.78 Å². The fraction of sp³-hybridized carbons (Fsp3) is 0.200. The van der Waals surface area contributed by atoms with E-state index in [4.69, 9.17) is 4.74 Å². The highest BCUT2D eigenvalue weighted by Crippen LogP contribution is 2.22. The molecule has 0 amide bonds. The summed E-state index contributed by atoms with van der Waals surface area (Å²) < 4.78 is 31.9. The lowest BCUT2D eigenvalue weighted by Gasteiger charge is -2.11. The zero-order chi connectivity index (χ0) is 13.8. The fourth-order valence-corrected chi connectivity index (χ4v) is 1.78. The van der Waals surface area contributed by atoms with Crippen molar-refractivity contribution in [2.24, 2.45) is 0 Å². The summed E-state index contributed by atoms with van der Waals surface area (Å²) in [6.45, 7) is 1.65. The van der Waals surface area contributed by atoms with Crippen LogP contribution in [-0.4, -0.2) is 5.11 Å². The van der Waals surface area contributed by atoms with Gasteiger partial charge in [-0.1, -0.05) is 17.7 Å². The highest BCUT2D eigenvalue weighted by atomic mass is 19.1. The molecule has 0 bridgehead atoms. The van der Waals surface area contributed by atoms with Crippen molar-refractivity contribution in [3.8, 4) is 5.75 Å². The first-order valence-electron chi connectivity index (χ1n) is 5.87. The molecule has 0 aromatic heterocycles. The van der Waals surface area contributed by atoms with Crippen molar-refractivity contribution in [3.63, 3.8) is 0 Å². The minimum absolute atomic E-state index is 0.0837. The molecule has 0 saturated heterocycles. The second kappa shape index (κ2) is 5.80. The molecule has 0 spiro atoms. The van der Waals surface area contributed by atoms with E-state index in [2.05, 4.69) is 0 Å². The number of benzene rings is 2. The Labute approximate surface area is 110 Å². The largest absolute Gasteiger partial charge is 0.488 e. The smallest absolute Gasteiger partial charge is 0.130 e. The molecule has 0 radical (unpaired) electrons. The van der Waals surface area contributed by atoms with Crippen LogP contribution in [0.5, 0.6) is 5.75 Å². The van der Waals surface area contributed by atoms with E-state index < -0.39 is 11.6 Å². The number of aryl methyl sites for hydroxylation is 1. The molecule has 1 N–H and O–H groups in total. The number of ether oxygens (including phenoxy) is 1. The third kappa shape index (κ3) is 3.29. The van der Waals surface area contributed by atoms with Gasteiger partial charge in [0.1, 0.15) is 24.0 Å². The van der Waals surface area contributed by atoms with Crippen LogP contribution in [0.3, 0.4) is 0 Å². The van der Waals surface area contributed by atoms with Gasteiger partial charge in [-0.2, -0.15) is 0 Å². The van der Waals surface area contributed by atoms with Crippen LogP contribution < -0.4 is 4.74 Å². The van der Waals surface area contributed by atoms with Crippen molar-refractivity contribution >= 4 is 0 Å². The third-order valence-electron chi connectivity index (χ3n) is 2.78. The molecule has 2 aromatic rings. The number of halogens is 2. The van der Waals surface area contributed by atoms with Crippen LogP contribution >= 0.6 is 0 Å². The van der Waals surface area contributed by atoms with Gasteiger partial charge in [0.05, 0.1) is 6.61 Å². The summed E-state index contributed by atoms with van der Waals surface area (Å²) in [5, 5.41) is 9.22. The Morgan fingerprint density at radius 1 is 1.05 bits per heavy atom. The Morgan fingerprint density at radius 2 is 1.84 bits per heavy atom. The first-order chi connectivity index (χ1) is 9.10. The van der Waals surface area contributed by atoms with E-state index in [0.717, 1.165) is 23.8 Å². The highest BCUT2D eigenvalue weighted by molar-refractivity contribution is 5.36. The molecule has 0 fully saturated rings. The first-order valence-corrected chi connectivity index (χ1v) is 5.87. The number of aliphatic hydroxyl groups is 1. The Kier molecular flexibility index (Phi) is 4.12. The van der Waals surface area contributed by atoms with Gasteiger partial charge in [0.25, 0.3) is 0 Å². The monoisotopic (exact) mass is 264 g/mol. The van der Waals surface area contributed by atoms with E-state index in [-0.39, 0.29) is 18.8 Å². The number of hydrogen-bond acceptors (Lipinski definition) is 2.